The minimum atomic E-state index is -0.174. The van der Waals surface area contributed by atoms with E-state index in [1.165, 1.54) is 11.8 Å². The van der Waals surface area contributed by atoms with Gasteiger partial charge in [-0.2, -0.15) is 0 Å². The second kappa shape index (κ2) is 10.9. The molecule has 0 aliphatic rings. The molecule has 1 N–H and O–H groups in total. The Morgan fingerprint density at radius 2 is 1.97 bits per heavy atom. The van der Waals surface area contributed by atoms with Gasteiger partial charge in [0.05, 0.1) is 16.5 Å². The lowest BCUT2D eigenvalue weighted by Gasteiger charge is -2.12. The summed E-state index contributed by atoms with van der Waals surface area (Å²) in [5.41, 5.74) is 3.52. The van der Waals surface area contributed by atoms with Gasteiger partial charge in [-0.05, 0) is 61.7 Å². The van der Waals surface area contributed by atoms with E-state index in [1.807, 2.05) is 49.6 Å². The number of nitrogens with zero attached hydrogens (tertiary/aromatic N) is 3. The molecule has 1 aromatic heterocycles. The minimum Gasteiger partial charge on any atom is -0.485 e. The van der Waals surface area contributed by atoms with Crippen LogP contribution in [0, 0.1) is 20.8 Å². The number of carbonyl (C=O) groups excluding carboxylic acids is 1. The number of nitrogens with one attached hydrogen (secondary N) is 1. The number of allylic oxidation sites excluding steroid dienone is 1. The number of thioether (sulfide) groups is 1. The van der Waals surface area contributed by atoms with Crippen LogP contribution in [0.4, 0.5) is 5.69 Å². The third-order valence-electron chi connectivity index (χ3n) is 4.63. The van der Waals surface area contributed by atoms with Crippen molar-refractivity contribution >= 4 is 46.6 Å². The third kappa shape index (κ3) is 6.06. The molecule has 0 atom stereocenters. The summed E-state index contributed by atoms with van der Waals surface area (Å²) in [4.78, 5) is 12.5. The number of carbonyl (C=O) groups is 1. The normalized spacial score (nSPS) is 10.8. The molecule has 9 heteroatoms. The van der Waals surface area contributed by atoms with Crippen LogP contribution < -0.4 is 10.1 Å². The van der Waals surface area contributed by atoms with Crippen molar-refractivity contribution in [1.29, 1.82) is 0 Å². The van der Waals surface area contributed by atoms with E-state index in [0.29, 0.717) is 33.3 Å². The molecular weight excluding hydrogens is 467 g/mol. The zero-order valence-corrected chi connectivity index (χ0v) is 20.4. The van der Waals surface area contributed by atoms with Crippen LogP contribution in [0.15, 0.2) is 48.1 Å². The van der Waals surface area contributed by atoms with Crippen molar-refractivity contribution in [1.82, 2.24) is 14.8 Å². The first-order chi connectivity index (χ1) is 15.3. The van der Waals surface area contributed by atoms with E-state index in [9.17, 15) is 4.79 Å². The van der Waals surface area contributed by atoms with Crippen LogP contribution in [-0.4, -0.2) is 26.4 Å². The van der Waals surface area contributed by atoms with Crippen molar-refractivity contribution in [2.45, 2.75) is 39.1 Å². The molecule has 0 unspecified atom stereocenters. The second-order valence-corrected chi connectivity index (χ2v) is 9.06. The summed E-state index contributed by atoms with van der Waals surface area (Å²) in [5.74, 6) is 1.35. The Balaban J connectivity index is 1.66. The van der Waals surface area contributed by atoms with Crippen LogP contribution >= 0.6 is 35.0 Å². The SMILES string of the molecule is C=CCn1c(COc2ccc(Cl)cc2C)nnc1SCC(=O)Nc1c(C)cc(C)cc1Cl. The molecule has 0 spiro atoms. The number of hydrogen-bond donors (Lipinski definition) is 1. The van der Waals surface area contributed by atoms with Crippen molar-refractivity contribution < 1.29 is 9.53 Å². The minimum absolute atomic E-state index is 0.163. The lowest BCUT2D eigenvalue weighted by atomic mass is 10.1. The maximum atomic E-state index is 12.5. The number of anilines is 1. The highest BCUT2D eigenvalue weighted by atomic mass is 35.5. The van der Waals surface area contributed by atoms with Crippen molar-refractivity contribution in [2.75, 3.05) is 11.1 Å². The maximum Gasteiger partial charge on any atom is 0.234 e. The molecule has 0 aliphatic heterocycles. The van der Waals surface area contributed by atoms with Crippen molar-refractivity contribution in [3.05, 3.63) is 75.5 Å². The summed E-state index contributed by atoms with van der Waals surface area (Å²) >= 11 is 13.6. The average molecular weight is 491 g/mol. The Bertz CT molecular complexity index is 1120. The van der Waals surface area contributed by atoms with Gasteiger partial charge in [0.2, 0.25) is 5.91 Å². The lowest BCUT2D eigenvalue weighted by Crippen LogP contribution is -2.16. The fourth-order valence-electron chi connectivity index (χ4n) is 3.14. The molecule has 6 nitrogen and oxygen atoms in total. The molecule has 32 heavy (non-hydrogen) atoms. The summed E-state index contributed by atoms with van der Waals surface area (Å²) in [6, 6.07) is 9.24. The van der Waals surface area contributed by atoms with Gasteiger partial charge in [-0.3, -0.25) is 9.36 Å². The van der Waals surface area contributed by atoms with E-state index in [-0.39, 0.29) is 18.3 Å². The molecular formula is C23H24Cl2N4O2S. The summed E-state index contributed by atoms with van der Waals surface area (Å²) in [5, 5.41) is 13.1. The van der Waals surface area contributed by atoms with Gasteiger partial charge in [0.1, 0.15) is 12.4 Å². The number of aryl methyl sites for hydroxylation is 3. The van der Waals surface area contributed by atoms with Gasteiger partial charge < -0.3 is 10.1 Å². The molecule has 0 aliphatic carbocycles. The maximum absolute atomic E-state index is 12.5. The fourth-order valence-corrected chi connectivity index (χ4v) is 4.50. The highest BCUT2D eigenvalue weighted by Crippen LogP contribution is 2.28. The van der Waals surface area contributed by atoms with Crippen LogP contribution in [0.2, 0.25) is 10.0 Å². The van der Waals surface area contributed by atoms with E-state index in [2.05, 4.69) is 22.1 Å². The van der Waals surface area contributed by atoms with Gasteiger partial charge in [-0.15, -0.1) is 16.8 Å². The van der Waals surface area contributed by atoms with Gasteiger partial charge in [0.25, 0.3) is 0 Å². The van der Waals surface area contributed by atoms with E-state index < -0.39 is 0 Å². The molecule has 0 saturated heterocycles. The van der Waals surface area contributed by atoms with Crippen LogP contribution in [0.5, 0.6) is 5.75 Å². The topological polar surface area (TPSA) is 69.0 Å². The smallest absolute Gasteiger partial charge is 0.234 e. The number of aromatic nitrogens is 3. The van der Waals surface area contributed by atoms with E-state index in [0.717, 1.165) is 22.4 Å². The molecule has 1 heterocycles. The molecule has 2 aromatic carbocycles. The van der Waals surface area contributed by atoms with Gasteiger partial charge in [0, 0.05) is 11.6 Å². The number of benzene rings is 2. The van der Waals surface area contributed by atoms with E-state index in [1.54, 1.807) is 12.1 Å². The van der Waals surface area contributed by atoms with E-state index in [4.69, 9.17) is 27.9 Å². The van der Waals surface area contributed by atoms with Crippen LogP contribution in [0.25, 0.3) is 0 Å². The van der Waals surface area contributed by atoms with Crippen LogP contribution in [-0.2, 0) is 17.9 Å². The lowest BCUT2D eigenvalue weighted by molar-refractivity contribution is -0.113. The highest BCUT2D eigenvalue weighted by molar-refractivity contribution is 7.99. The molecule has 168 valence electrons. The first-order valence-corrected chi connectivity index (χ1v) is 11.6. The summed E-state index contributed by atoms with van der Waals surface area (Å²) in [6.07, 6.45) is 1.75. The van der Waals surface area contributed by atoms with Crippen LogP contribution in [0.1, 0.15) is 22.5 Å². The standard InChI is InChI=1S/C23H24Cl2N4O2S/c1-5-8-29-20(12-31-19-7-6-17(24)11-15(19)3)27-28-23(29)32-13-21(30)26-22-16(4)9-14(2)10-18(22)25/h5-7,9-11H,1,8,12-13H2,2-4H3,(H,26,30). The Morgan fingerprint density at radius 1 is 1.19 bits per heavy atom. The molecule has 0 radical (unpaired) electrons. The van der Waals surface area contributed by atoms with Crippen molar-refractivity contribution in [3.63, 3.8) is 0 Å². The average Bonchev–Trinajstić information content (AvgIpc) is 3.10. The second-order valence-electron chi connectivity index (χ2n) is 7.27. The van der Waals surface area contributed by atoms with Crippen molar-refractivity contribution in [3.8, 4) is 5.75 Å². The number of ether oxygens (including phenoxy) is 1. The highest BCUT2D eigenvalue weighted by Gasteiger charge is 2.16. The molecule has 3 rings (SSSR count). The molecule has 0 saturated carbocycles. The molecule has 3 aromatic rings. The molecule has 0 bridgehead atoms. The summed E-state index contributed by atoms with van der Waals surface area (Å²) < 4.78 is 7.77. The predicted molar refractivity (Wildman–Crippen MR) is 131 cm³/mol. The van der Waals surface area contributed by atoms with Gasteiger partial charge in [-0.1, -0.05) is 47.1 Å². The number of hydrogen-bond acceptors (Lipinski definition) is 5. The summed E-state index contributed by atoms with van der Waals surface area (Å²) in [6.45, 7) is 10.3. The first-order valence-electron chi connectivity index (χ1n) is 9.89. The molecule has 0 fully saturated rings. The zero-order chi connectivity index (χ0) is 23.3. The quantitative estimate of drug-likeness (QED) is 0.294. The van der Waals surface area contributed by atoms with Gasteiger partial charge >= 0.3 is 0 Å². The van der Waals surface area contributed by atoms with E-state index >= 15 is 0 Å². The van der Waals surface area contributed by atoms with Crippen LogP contribution in [0.3, 0.4) is 0 Å². The summed E-state index contributed by atoms with van der Waals surface area (Å²) in [7, 11) is 0. The number of rotatable bonds is 9. The Morgan fingerprint density at radius 3 is 2.66 bits per heavy atom. The largest absolute Gasteiger partial charge is 0.485 e. The first kappa shape index (κ1) is 24.2. The monoisotopic (exact) mass is 490 g/mol. The zero-order valence-electron chi connectivity index (χ0n) is 18.1. The number of halogens is 2. The Labute approximate surface area is 202 Å². The Kier molecular flexibility index (Phi) is 8.23. The third-order valence-corrected chi connectivity index (χ3v) is 6.13. The van der Waals surface area contributed by atoms with Crippen molar-refractivity contribution in [2.24, 2.45) is 0 Å². The predicted octanol–water partition coefficient (Wildman–Crippen LogP) is 6.01. The molecule has 1 amide bonds. The van der Waals surface area contributed by atoms with Gasteiger partial charge in [-0.25, -0.2) is 0 Å². The fraction of sp³-hybridized carbons (Fsp3) is 0.261. The van der Waals surface area contributed by atoms with Gasteiger partial charge in [0.15, 0.2) is 11.0 Å². The Hall–Kier alpha value is -2.48. The number of amides is 1.